The maximum Gasteiger partial charge on any atom is 0.221 e. The average Bonchev–Trinajstić information content (AvgIpc) is 3.14. The molecule has 13 heteroatoms. The van der Waals surface area contributed by atoms with E-state index in [1.54, 1.807) is 36.4 Å². The molecule has 0 heterocycles. The molecule has 56 heavy (non-hydrogen) atoms. The number of para-hydroxylation sites is 2. The van der Waals surface area contributed by atoms with Gasteiger partial charge in [-0.05, 0) is 107 Å². The Labute approximate surface area is 351 Å². The number of hydrogen-bond acceptors (Lipinski definition) is 9. The smallest absolute Gasteiger partial charge is 0.221 e. The zero-order chi connectivity index (χ0) is 41.3. The Bertz CT molecular complexity index is 2020. The van der Waals surface area contributed by atoms with Crippen molar-refractivity contribution >= 4 is 83.5 Å². The molecule has 10 nitrogen and oxygen atoms in total. The van der Waals surface area contributed by atoms with E-state index >= 15 is 0 Å². The van der Waals surface area contributed by atoms with E-state index in [1.807, 2.05) is 103 Å². The Kier molecular flexibility index (Phi) is 22.1. The van der Waals surface area contributed by atoms with Gasteiger partial charge in [-0.3, -0.25) is 4.79 Å². The molecule has 6 rings (SSSR count). The number of benzene rings is 6. The first-order chi connectivity index (χ1) is 26.8. The molecular weight excluding hydrogens is 860 g/mol. The van der Waals surface area contributed by atoms with E-state index in [1.165, 1.54) is 14.0 Å². The number of anilines is 6. The minimum Gasteiger partial charge on any atom is -0.491 e. The Morgan fingerprint density at radius 3 is 1.82 bits per heavy atom. The van der Waals surface area contributed by atoms with Gasteiger partial charge in [-0.25, -0.2) is 0 Å². The van der Waals surface area contributed by atoms with Crippen molar-refractivity contribution in [3.8, 4) is 17.2 Å². The van der Waals surface area contributed by atoms with Gasteiger partial charge in [-0.2, -0.15) is 0 Å². The van der Waals surface area contributed by atoms with Crippen molar-refractivity contribution in [3.63, 3.8) is 0 Å². The molecule has 0 fully saturated rings. The first-order valence-corrected chi connectivity index (χ1v) is 19.2. The van der Waals surface area contributed by atoms with Crippen molar-refractivity contribution in [2.24, 2.45) is 0 Å². The Balaban J connectivity index is 0.000000249. The van der Waals surface area contributed by atoms with Crippen LogP contribution in [0.3, 0.4) is 0 Å². The van der Waals surface area contributed by atoms with Crippen LogP contribution in [-0.2, 0) is 16.1 Å². The molecule has 6 aromatic carbocycles. The minimum atomic E-state index is -0.0874. The van der Waals surface area contributed by atoms with Gasteiger partial charge in [0.25, 0.3) is 0 Å². The molecule has 11 N–H and O–H groups in total. The van der Waals surface area contributed by atoms with Crippen molar-refractivity contribution in [1.82, 2.24) is 0 Å². The Hall–Kier alpha value is -5.40. The molecule has 0 saturated carbocycles. The number of carbonyl (C=O) groups excluding carboxylic acids is 1. The molecule has 0 atom stereocenters. The van der Waals surface area contributed by atoms with Crippen molar-refractivity contribution in [3.05, 3.63) is 159 Å². The van der Waals surface area contributed by atoms with Gasteiger partial charge in [0, 0.05) is 62.0 Å². The summed E-state index contributed by atoms with van der Waals surface area (Å²) in [6.07, 6.45) is 1.06. The Morgan fingerprint density at radius 1 is 0.696 bits per heavy atom. The number of carbonyl (C=O) groups is 1. The predicted molar refractivity (Wildman–Crippen MR) is 242 cm³/mol. The third-order valence-electron chi connectivity index (χ3n) is 6.75. The number of nitrogens with one attached hydrogen (secondary N) is 1. The van der Waals surface area contributed by atoms with Crippen LogP contribution in [0.2, 0.25) is 5.02 Å². The number of hydrogen-bond donors (Lipinski definition) is 6. The van der Waals surface area contributed by atoms with Crippen molar-refractivity contribution < 1.29 is 19.0 Å². The quantitative estimate of drug-likeness (QED) is 0.0638. The van der Waals surface area contributed by atoms with Crippen molar-refractivity contribution in [1.29, 1.82) is 0 Å². The molecule has 0 aromatic heterocycles. The van der Waals surface area contributed by atoms with Crippen LogP contribution in [0, 0.1) is 0 Å². The molecule has 0 aliphatic rings. The van der Waals surface area contributed by atoms with E-state index in [0.717, 1.165) is 50.3 Å². The fourth-order valence-corrected chi connectivity index (χ4v) is 5.24. The third-order valence-corrected chi connectivity index (χ3v) is 8.19. The monoisotopic (exact) mass is 906 g/mol. The Morgan fingerprint density at radius 2 is 1.30 bits per heavy atom. The minimum absolute atomic E-state index is 0.0874. The van der Waals surface area contributed by atoms with Crippen molar-refractivity contribution in [2.45, 2.75) is 26.9 Å². The topological polar surface area (TPSA) is 187 Å². The molecule has 0 bridgehead atoms. The molecule has 0 spiro atoms. The summed E-state index contributed by atoms with van der Waals surface area (Å²) in [6.45, 7) is 5.04. The molecule has 0 aliphatic carbocycles. The second-order valence-electron chi connectivity index (χ2n) is 11.6. The molecule has 6 aromatic rings. The summed E-state index contributed by atoms with van der Waals surface area (Å²) in [5.41, 5.74) is 33.1. The van der Waals surface area contributed by atoms with Crippen LogP contribution in [0.1, 0.15) is 25.8 Å². The number of halogens is 3. The van der Waals surface area contributed by atoms with E-state index in [0.29, 0.717) is 40.3 Å². The highest BCUT2D eigenvalue weighted by Gasteiger charge is 2.11. The van der Waals surface area contributed by atoms with E-state index in [-0.39, 0.29) is 5.91 Å². The van der Waals surface area contributed by atoms with Crippen LogP contribution in [0.4, 0.5) is 34.1 Å². The van der Waals surface area contributed by atoms with Gasteiger partial charge < -0.3 is 48.2 Å². The molecule has 0 aliphatic heterocycles. The molecule has 296 valence electrons. The summed E-state index contributed by atoms with van der Waals surface area (Å²) in [5, 5.41) is 3.14. The van der Waals surface area contributed by atoms with Gasteiger partial charge in [0.15, 0.2) is 11.5 Å². The summed E-state index contributed by atoms with van der Waals surface area (Å²) < 4.78 is 18.2. The average molecular weight is 909 g/mol. The lowest BCUT2D eigenvalue weighted by molar-refractivity contribution is -0.114. The highest BCUT2D eigenvalue weighted by molar-refractivity contribution is 9.10. The number of rotatable bonds is 8. The van der Waals surface area contributed by atoms with Crippen LogP contribution in [-0.4, -0.2) is 19.6 Å². The zero-order valence-corrected chi connectivity index (χ0v) is 35.5. The van der Waals surface area contributed by atoms with Gasteiger partial charge in [0.1, 0.15) is 5.75 Å². The van der Waals surface area contributed by atoms with Crippen LogP contribution >= 0.6 is 43.5 Å². The summed E-state index contributed by atoms with van der Waals surface area (Å²) in [4.78, 5) is 10.6. The largest absolute Gasteiger partial charge is 0.491 e. The van der Waals surface area contributed by atoms with Gasteiger partial charge in [-0.15, -0.1) is 0 Å². The fourth-order valence-electron chi connectivity index (χ4n) is 4.32. The van der Waals surface area contributed by atoms with E-state index in [2.05, 4.69) is 44.1 Å². The lowest BCUT2D eigenvalue weighted by Crippen LogP contribution is -2.05. The number of methoxy groups -OCH3 is 1. The summed E-state index contributed by atoms with van der Waals surface area (Å²) >= 11 is 12.5. The van der Waals surface area contributed by atoms with E-state index in [4.69, 9.17) is 54.5 Å². The molecule has 0 radical (unpaired) electrons. The molecule has 1 amide bonds. The second kappa shape index (κ2) is 26.4. The lowest BCUT2D eigenvalue weighted by Gasteiger charge is -2.12. The maximum atomic E-state index is 10.6. The number of amides is 1. The highest BCUT2D eigenvalue weighted by atomic mass is 79.9. The molecular formula is C43H49Br2ClN6O4. The van der Waals surface area contributed by atoms with E-state index < -0.39 is 0 Å². The first kappa shape index (κ1) is 46.8. The first-order valence-electron chi connectivity index (χ1n) is 17.2. The van der Waals surface area contributed by atoms with Crippen LogP contribution < -0.4 is 43.5 Å². The van der Waals surface area contributed by atoms with Gasteiger partial charge in [-0.1, -0.05) is 89.1 Å². The summed E-state index contributed by atoms with van der Waals surface area (Å²) in [6, 6.07) is 42.7. The lowest BCUT2D eigenvalue weighted by atomic mass is 10.2. The second-order valence-corrected chi connectivity index (χ2v) is 13.8. The summed E-state index contributed by atoms with van der Waals surface area (Å²) in [5.74, 6) is 1.60. The van der Waals surface area contributed by atoms with Gasteiger partial charge >= 0.3 is 0 Å². The number of ether oxygens (including phenoxy) is 3. The standard InChI is InChI=1S/C13H12ClNO2.C10H15NO.C8H10N2O.2C6H6BrN/c1-16-13-11(15)7-9(14)8-12(13)17-10-5-3-2-4-6-10;1-2-6-12-8-9-4-3-5-10(11)7-9;1-6(11)10-8-4-2-3-7(9)5-8;7-5-2-1-3-6(8)4-5;7-5-3-1-2-4-6(5)8/h2-8H,15H2,1H3;3-5,7H,2,6,8,11H2,1H3;2-5H,9H2,1H3,(H,10,11);2*1-4H,8H2. The number of nitrogens with two attached hydrogens (primary N) is 5. The van der Waals surface area contributed by atoms with Crippen LogP contribution in [0.15, 0.2) is 148 Å². The molecule has 0 saturated heterocycles. The fraction of sp³-hybridized carbons (Fsp3) is 0.140. The number of nitrogen functional groups attached to an aromatic ring is 5. The maximum absolute atomic E-state index is 10.6. The third kappa shape index (κ3) is 19.8. The predicted octanol–water partition coefficient (Wildman–Crippen LogP) is 11.2. The van der Waals surface area contributed by atoms with Gasteiger partial charge in [0.2, 0.25) is 5.91 Å². The normalized spacial score (nSPS) is 9.61. The highest BCUT2D eigenvalue weighted by Crippen LogP contribution is 2.38. The zero-order valence-electron chi connectivity index (χ0n) is 31.6. The van der Waals surface area contributed by atoms with Crippen LogP contribution in [0.5, 0.6) is 17.2 Å². The van der Waals surface area contributed by atoms with Gasteiger partial charge in [0.05, 0.1) is 19.4 Å². The van der Waals surface area contributed by atoms with Crippen LogP contribution in [0.25, 0.3) is 0 Å². The van der Waals surface area contributed by atoms with E-state index in [9.17, 15) is 4.79 Å². The van der Waals surface area contributed by atoms with Crippen molar-refractivity contribution in [2.75, 3.05) is 47.7 Å². The molecule has 0 unspecified atom stereocenters. The summed E-state index contributed by atoms with van der Waals surface area (Å²) in [7, 11) is 1.54. The SMILES string of the molecule is CC(=O)Nc1cccc(N)c1.CCCOCc1cccc(N)c1.COc1c(N)cc(Cl)cc1Oc1ccccc1.Nc1cccc(Br)c1.Nc1ccccc1Br.